The van der Waals surface area contributed by atoms with Crippen LogP contribution in [0.2, 0.25) is 0 Å². The van der Waals surface area contributed by atoms with Crippen LogP contribution in [0.4, 0.5) is 0 Å². The Kier molecular flexibility index (Phi) is 4.66. The molecule has 7 nitrogen and oxygen atoms in total. The van der Waals surface area contributed by atoms with Crippen molar-refractivity contribution >= 4 is 5.91 Å². The van der Waals surface area contributed by atoms with Crippen molar-refractivity contribution < 1.29 is 9.53 Å². The van der Waals surface area contributed by atoms with Crippen molar-refractivity contribution in [1.82, 2.24) is 24.6 Å². The molecule has 2 aromatic heterocycles. The molecule has 0 fully saturated rings. The summed E-state index contributed by atoms with van der Waals surface area (Å²) in [5.41, 5.74) is 4.14. The van der Waals surface area contributed by atoms with Crippen LogP contribution in [0.25, 0.3) is 11.4 Å². The normalized spacial score (nSPS) is 13.5. The molecule has 4 rings (SSSR count). The highest BCUT2D eigenvalue weighted by Crippen LogP contribution is 2.25. The molecule has 1 aliphatic heterocycles. The number of carbonyl (C=O) groups excluding carboxylic acids is 1. The third-order valence-corrected chi connectivity index (χ3v) is 4.84. The Labute approximate surface area is 158 Å². The number of aryl methyl sites for hydroxylation is 2. The van der Waals surface area contributed by atoms with Gasteiger partial charge in [0.05, 0.1) is 31.2 Å². The van der Waals surface area contributed by atoms with Crippen LogP contribution >= 0.6 is 0 Å². The molecular formula is C20H23N5O2. The fourth-order valence-corrected chi connectivity index (χ4v) is 3.37. The lowest BCUT2D eigenvalue weighted by Gasteiger charge is -2.26. The SMILES string of the molecule is COc1cccc(-c2nc3c([nH]2)CN(C(=O)CCn2cc(C)cn2)CC3)c1. The molecule has 0 saturated carbocycles. The molecule has 1 N–H and O–H groups in total. The fraction of sp³-hybridized carbons (Fsp3) is 0.350. The number of carbonyl (C=O) groups is 1. The van der Waals surface area contributed by atoms with Crippen molar-refractivity contribution in [2.45, 2.75) is 32.9 Å². The van der Waals surface area contributed by atoms with Crippen LogP contribution in [0.5, 0.6) is 5.75 Å². The molecule has 0 saturated heterocycles. The maximum atomic E-state index is 12.6. The van der Waals surface area contributed by atoms with Gasteiger partial charge in [-0.05, 0) is 24.6 Å². The van der Waals surface area contributed by atoms with Gasteiger partial charge in [0.15, 0.2) is 0 Å². The van der Waals surface area contributed by atoms with Crippen LogP contribution in [0.15, 0.2) is 36.7 Å². The van der Waals surface area contributed by atoms with Gasteiger partial charge in [-0.15, -0.1) is 0 Å². The van der Waals surface area contributed by atoms with Gasteiger partial charge in [0, 0.05) is 37.7 Å². The minimum atomic E-state index is 0.145. The van der Waals surface area contributed by atoms with Gasteiger partial charge in [-0.1, -0.05) is 12.1 Å². The molecule has 0 bridgehead atoms. The van der Waals surface area contributed by atoms with Crippen LogP contribution in [-0.4, -0.2) is 44.2 Å². The van der Waals surface area contributed by atoms with Gasteiger partial charge in [-0.2, -0.15) is 5.10 Å². The number of nitrogens with one attached hydrogen (secondary N) is 1. The van der Waals surface area contributed by atoms with E-state index in [-0.39, 0.29) is 5.91 Å². The van der Waals surface area contributed by atoms with Gasteiger partial charge in [-0.3, -0.25) is 9.48 Å². The third kappa shape index (κ3) is 3.72. The lowest BCUT2D eigenvalue weighted by molar-refractivity contribution is -0.132. The lowest BCUT2D eigenvalue weighted by atomic mass is 10.1. The van der Waals surface area contributed by atoms with Crippen molar-refractivity contribution in [3.05, 3.63) is 53.6 Å². The number of imidazole rings is 1. The molecule has 0 radical (unpaired) electrons. The average molecular weight is 365 g/mol. The highest BCUT2D eigenvalue weighted by Gasteiger charge is 2.24. The number of fused-ring (bicyclic) bond motifs is 1. The van der Waals surface area contributed by atoms with Crippen LogP contribution in [0.1, 0.15) is 23.4 Å². The molecule has 3 heterocycles. The molecule has 27 heavy (non-hydrogen) atoms. The van der Waals surface area contributed by atoms with E-state index in [4.69, 9.17) is 9.72 Å². The van der Waals surface area contributed by atoms with E-state index in [9.17, 15) is 4.79 Å². The standard InChI is InChI=1S/C20H23N5O2/c1-14-11-21-25(12-14)9-7-19(26)24-8-6-17-18(13-24)23-20(22-17)15-4-3-5-16(10-15)27-2/h3-5,10-12H,6-9,13H2,1-2H3,(H,22,23). The first-order chi connectivity index (χ1) is 13.1. The first kappa shape index (κ1) is 17.3. The molecule has 0 aliphatic carbocycles. The second-order valence-corrected chi connectivity index (χ2v) is 6.84. The summed E-state index contributed by atoms with van der Waals surface area (Å²) < 4.78 is 7.11. The molecule has 1 aromatic carbocycles. The quantitative estimate of drug-likeness (QED) is 0.754. The fourth-order valence-electron chi connectivity index (χ4n) is 3.37. The summed E-state index contributed by atoms with van der Waals surface area (Å²) in [7, 11) is 1.65. The summed E-state index contributed by atoms with van der Waals surface area (Å²) in [4.78, 5) is 22.6. The van der Waals surface area contributed by atoms with Crippen LogP contribution in [0.3, 0.4) is 0 Å². The third-order valence-electron chi connectivity index (χ3n) is 4.84. The zero-order valence-corrected chi connectivity index (χ0v) is 15.6. The number of amides is 1. The Morgan fingerprint density at radius 3 is 3.04 bits per heavy atom. The van der Waals surface area contributed by atoms with Gasteiger partial charge in [0.1, 0.15) is 11.6 Å². The summed E-state index contributed by atoms with van der Waals surface area (Å²) in [5.74, 6) is 1.76. The maximum absolute atomic E-state index is 12.6. The monoisotopic (exact) mass is 365 g/mol. The molecule has 1 amide bonds. The molecule has 3 aromatic rings. The Hall–Kier alpha value is -3.09. The summed E-state index contributed by atoms with van der Waals surface area (Å²) >= 11 is 0. The molecule has 0 atom stereocenters. The first-order valence-electron chi connectivity index (χ1n) is 9.11. The van der Waals surface area contributed by atoms with Crippen molar-refractivity contribution in [3.63, 3.8) is 0 Å². The second kappa shape index (κ2) is 7.26. The highest BCUT2D eigenvalue weighted by molar-refractivity contribution is 5.76. The van der Waals surface area contributed by atoms with Gasteiger partial charge in [0.25, 0.3) is 0 Å². The van der Waals surface area contributed by atoms with Crippen molar-refractivity contribution in [2.24, 2.45) is 0 Å². The van der Waals surface area contributed by atoms with Gasteiger partial charge in [0.2, 0.25) is 5.91 Å². The van der Waals surface area contributed by atoms with E-state index < -0.39 is 0 Å². The predicted molar refractivity (Wildman–Crippen MR) is 101 cm³/mol. The minimum absolute atomic E-state index is 0.145. The van der Waals surface area contributed by atoms with Crippen LogP contribution < -0.4 is 4.74 Å². The zero-order valence-electron chi connectivity index (χ0n) is 15.6. The van der Waals surface area contributed by atoms with Crippen molar-refractivity contribution in [1.29, 1.82) is 0 Å². The molecular weight excluding hydrogens is 342 g/mol. The van der Waals surface area contributed by atoms with E-state index in [1.165, 1.54) is 0 Å². The van der Waals surface area contributed by atoms with E-state index in [0.29, 0.717) is 26.1 Å². The Morgan fingerprint density at radius 2 is 2.26 bits per heavy atom. The number of aromatic amines is 1. The van der Waals surface area contributed by atoms with E-state index in [0.717, 1.165) is 40.5 Å². The number of rotatable bonds is 5. The van der Waals surface area contributed by atoms with Gasteiger partial charge in [-0.25, -0.2) is 4.98 Å². The van der Waals surface area contributed by atoms with Crippen molar-refractivity contribution in [2.75, 3.05) is 13.7 Å². The Bertz CT molecular complexity index is 959. The van der Waals surface area contributed by atoms with Gasteiger partial charge >= 0.3 is 0 Å². The number of hydrogen-bond acceptors (Lipinski definition) is 4. The van der Waals surface area contributed by atoms with E-state index >= 15 is 0 Å². The largest absolute Gasteiger partial charge is 0.497 e. The number of H-pyrrole nitrogens is 1. The highest BCUT2D eigenvalue weighted by atomic mass is 16.5. The zero-order chi connectivity index (χ0) is 18.8. The molecule has 0 unspecified atom stereocenters. The van der Waals surface area contributed by atoms with E-state index in [1.54, 1.807) is 7.11 Å². The Balaban J connectivity index is 1.43. The van der Waals surface area contributed by atoms with Crippen LogP contribution in [-0.2, 0) is 24.3 Å². The maximum Gasteiger partial charge on any atom is 0.224 e. The number of nitrogens with zero attached hydrogens (tertiary/aromatic N) is 4. The molecule has 0 spiro atoms. The van der Waals surface area contributed by atoms with Crippen molar-refractivity contribution in [3.8, 4) is 17.1 Å². The topological polar surface area (TPSA) is 76.0 Å². The minimum Gasteiger partial charge on any atom is -0.497 e. The number of hydrogen-bond donors (Lipinski definition) is 1. The smallest absolute Gasteiger partial charge is 0.224 e. The van der Waals surface area contributed by atoms with E-state index in [2.05, 4.69) is 10.1 Å². The molecule has 7 heteroatoms. The number of methoxy groups -OCH3 is 1. The average Bonchev–Trinajstić information content (AvgIpc) is 3.31. The summed E-state index contributed by atoms with van der Waals surface area (Å²) in [5, 5.41) is 4.24. The number of benzene rings is 1. The summed E-state index contributed by atoms with van der Waals surface area (Å²) in [6, 6.07) is 7.82. The molecule has 1 aliphatic rings. The summed E-state index contributed by atoms with van der Waals surface area (Å²) in [6.07, 6.45) is 4.98. The number of aromatic nitrogens is 4. The molecule has 140 valence electrons. The van der Waals surface area contributed by atoms with E-state index in [1.807, 2.05) is 53.2 Å². The Morgan fingerprint density at radius 1 is 1.37 bits per heavy atom. The first-order valence-corrected chi connectivity index (χ1v) is 9.11. The predicted octanol–water partition coefficient (Wildman–Crippen LogP) is 2.57. The lowest BCUT2D eigenvalue weighted by Crippen LogP contribution is -2.36. The summed E-state index contributed by atoms with van der Waals surface area (Å²) in [6.45, 7) is 3.87. The second-order valence-electron chi connectivity index (χ2n) is 6.84. The number of ether oxygens (including phenoxy) is 1. The van der Waals surface area contributed by atoms with Crippen LogP contribution in [0, 0.1) is 6.92 Å². The van der Waals surface area contributed by atoms with Gasteiger partial charge < -0.3 is 14.6 Å².